The summed E-state index contributed by atoms with van der Waals surface area (Å²) in [6.45, 7) is 7.43. The minimum absolute atomic E-state index is 0.174. The molecule has 24 heavy (non-hydrogen) atoms. The maximum atomic E-state index is 12.7. The summed E-state index contributed by atoms with van der Waals surface area (Å²) in [5.41, 5.74) is 4.12. The van der Waals surface area contributed by atoms with Crippen LogP contribution in [0.4, 0.5) is 0 Å². The second-order valence-corrected chi connectivity index (χ2v) is 8.67. The standard InChI is InChI=1S/C13H19O6P.C3H9N/c1-4-8(2)20(18,19)13(12(16)17)7-5-6-10(9(13)3)11(14)15;1-2-3-4/h5-9H,4H2,1-3H3,(H,14,15)(H,16,17)(H,18,19);2-4H2,1H3. The first-order valence-corrected chi connectivity index (χ1v) is 9.66. The van der Waals surface area contributed by atoms with Crippen LogP contribution in [0.15, 0.2) is 23.8 Å². The van der Waals surface area contributed by atoms with Gasteiger partial charge in [-0.3, -0.25) is 9.36 Å². The molecule has 4 atom stereocenters. The number of nitrogens with two attached hydrogens (primary N) is 1. The first-order valence-electron chi connectivity index (χ1n) is 7.93. The Morgan fingerprint density at radius 1 is 1.38 bits per heavy atom. The smallest absolute Gasteiger partial charge is 0.331 e. The predicted molar refractivity (Wildman–Crippen MR) is 93.3 cm³/mol. The highest BCUT2D eigenvalue weighted by molar-refractivity contribution is 7.61. The molecular formula is C16H28NO6P. The average Bonchev–Trinajstić information content (AvgIpc) is 2.53. The molecule has 0 saturated carbocycles. The molecule has 1 aliphatic carbocycles. The Bertz CT molecular complexity index is 569. The molecule has 0 aromatic carbocycles. The van der Waals surface area contributed by atoms with Gasteiger partial charge in [-0.2, -0.15) is 0 Å². The van der Waals surface area contributed by atoms with Crippen molar-refractivity contribution in [3.63, 3.8) is 0 Å². The van der Waals surface area contributed by atoms with Crippen LogP contribution in [-0.4, -0.2) is 44.4 Å². The Hall–Kier alpha value is -1.43. The molecule has 0 heterocycles. The lowest BCUT2D eigenvalue weighted by Crippen LogP contribution is -2.47. The SMILES string of the molecule is CCC(C)P(=O)(O)C1(C(=O)O)C=CC=C(C(=O)O)C1C.CCCN. The molecule has 4 unspecified atom stereocenters. The molecule has 0 aromatic heterocycles. The fourth-order valence-electron chi connectivity index (χ4n) is 2.47. The number of allylic oxidation sites excluding steroid dienone is 2. The molecule has 0 aliphatic heterocycles. The summed E-state index contributed by atoms with van der Waals surface area (Å²) in [4.78, 5) is 33.3. The largest absolute Gasteiger partial charge is 0.480 e. The highest BCUT2D eigenvalue weighted by Crippen LogP contribution is 2.64. The van der Waals surface area contributed by atoms with Gasteiger partial charge in [-0.05, 0) is 19.4 Å². The van der Waals surface area contributed by atoms with Crippen molar-refractivity contribution < 1.29 is 29.3 Å². The Kier molecular flexibility index (Phi) is 8.61. The van der Waals surface area contributed by atoms with E-state index in [4.69, 9.17) is 10.8 Å². The van der Waals surface area contributed by atoms with E-state index in [2.05, 4.69) is 6.92 Å². The van der Waals surface area contributed by atoms with E-state index in [0.717, 1.165) is 19.0 Å². The quantitative estimate of drug-likeness (QED) is 0.533. The fourth-order valence-corrected chi connectivity index (χ4v) is 4.96. The molecule has 7 nitrogen and oxygen atoms in total. The van der Waals surface area contributed by atoms with Crippen LogP contribution in [0.3, 0.4) is 0 Å². The lowest BCUT2D eigenvalue weighted by Gasteiger charge is -2.40. The summed E-state index contributed by atoms with van der Waals surface area (Å²) < 4.78 is 12.7. The maximum Gasteiger partial charge on any atom is 0.331 e. The second-order valence-electron chi connectivity index (χ2n) is 5.81. The van der Waals surface area contributed by atoms with Gasteiger partial charge in [-0.25, -0.2) is 4.79 Å². The van der Waals surface area contributed by atoms with Gasteiger partial charge in [0.25, 0.3) is 0 Å². The molecule has 0 spiro atoms. The van der Waals surface area contributed by atoms with Gasteiger partial charge in [0, 0.05) is 17.2 Å². The van der Waals surface area contributed by atoms with Crippen LogP contribution in [0, 0.1) is 5.92 Å². The molecule has 1 rings (SSSR count). The van der Waals surface area contributed by atoms with Crippen molar-refractivity contribution in [1.29, 1.82) is 0 Å². The number of carbonyl (C=O) groups is 2. The molecule has 8 heteroatoms. The van der Waals surface area contributed by atoms with Crippen molar-refractivity contribution in [3.05, 3.63) is 23.8 Å². The molecule has 0 saturated heterocycles. The molecule has 0 fully saturated rings. The first kappa shape index (κ1) is 22.6. The molecular weight excluding hydrogens is 333 g/mol. The highest BCUT2D eigenvalue weighted by atomic mass is 31.2. The molecule has 0 radical (unpaired) electrons. The van der Waals surface area contributed by atoms with Crippen LogP contribution in [0.5, 0.6) is 0 Å². The third-order valence-corrected chi connectivity index (χ3v) is 7.70. The normalized spacial score (nSPS) is 26.4. The van der Waals surface area contributed by atoms with Crippen molar-refractivity contribution in [3.8, 4) is 0 Å². The average molecular weight is 361 g/mol. The third kappa shape index (κ3) is 4.15. The number of hydrogen-bond acceptors (Lipinski definition) is 4. The van der Waals surface area contributed by atoms with Crippen molar-refractivity contribution in [2.24, 2.45) is 11.7 Å². The van der Waals surface area contributed by atoms with Gasteiger partial charge >= 0.3 is 11.9 Å². The summed E-state index contributed by atoms with van der Waals surface area (Å²) in [6.07, 6.45) is 5.09. The van der Waals surface area contributed by atoms with Crippen LogP contribution in [-0.2, 0) is 14.2 Å². The highest BCUT2D eigenvalue weighted by Gasteiger charge is 2.59. The van der Waals surface area contributed by atoms with Gasteiger partial charge in [-0.15, -0.1) is 0 Å². The number of hydrogen-bond donors (Lipinski definition) is 4. The van der Waals surface area contributed by atoms with Crippen LogP contribution < -0.4 is 5.73 Å². The van der Waals surface area contributed by atoms with E-state index in [1.54, 1.807) is 6.92 Å². The van der Waals surface area contributed by atoms with E-state index in [1.807, 2.05) is 0 Å². The van der Waals surface area contributed by atoms with Gasteiger partial charge in [0.2, 0.25) is 7.37 Å². The zero-order chi connectivity index (χ0) is 19.1. The molecule has 138 valence electrons. The molecule has 5 N–H and O–H groups in total. The van der Waals surface area contributed by atoms with E-state index >= 15 is 0 Å². The summed E-state index contributed by atoms with van der Waals surface area (Å²) in [7, 11) is -4.17. The monoisotopic (exact) mass is 361 g/mol. The number of carboxylic acids is 2. The van der Waals surface area contributed by atoms with Gasteiger partial charge in [0.05, 0.1) is 0 Å². The predicted octanol–water partition coefficient (Wildman–Crippen LogP) is 2.45. The summed E-state index contributed by atoms with van der Waals surface area (Å²) in [5.74, 6) is -3.84. The summed E-state index contributed by atoms with van der Waals surface area (Å²) >= 11 is 0. The molecule has 0 aromatic rings. The van der Waals surface area contributed by atoms with Crippen LogP contribution >= 0.6 is 7.37 Å². The van der Waals surface area contributed by atoms with Crippen molar-refractivity contribution in [2.75, 3.05) is 6.54 Å². The topological polar surface area (TPSA) is 138 Å². The molecule has 1 aliphatic rings. The van der Waals surface area contributed by atoms with Gasteiger partial charge < -0.3 is 20.8 Å². The van der Waals surface area contributed by atoms with Gasteiger partial charge in [0.1, 0.15) is 0 Å². The van der Waals surface area contributed by atoms with Gasteiger partial charge in [-0.1, -0.05) is 45.9 Å². The fraction of sp³-hybridized carbons (Fsp3) is 0.625. The Morgan fingerprint density at radius 3 is 2.21 bits per heavy atom. The summed E-state index contributed by atoms with van der Waals surface area (Å²) in [5, 5.41) is 16.6. The minimum Gasteiger partial charge on any atom is -0.480 e. The Balaban J connectivity index is 0.00000118. The Labute approximate surface area is 142 Å². The van der Waals surface area contributed by atoms with Crippen LogP contribution in [0.25, 0.3) is 0 Å². The maximum absolute atomic E-state index is 12.7. The van der Waals surface area contributed by atoms with E-state index in [9.17, 15) is 24.2 Å². The lowest BCUT2D eigenvalue weighted by atomic mass is 9.82. The molecule has 0 bridgehead atoms. The van der Waals surface area contributed by atoms with E-state index in [-0.39, 0.29) is 5.57 Å². The Morgan fingerprint density at radius 2 is 1.88 bits per heavy atom. The minimum atomic E-state index is -4.17. The zero-order valence-electron chi connectivity index (χ0n) is 14.6. The zero-order valence-corrected chi connectivity index (χ0v) is 15.5. The second kappa shape index (κ2) is 9.16. The number of aliphatic carboxylic acids is 2. The van der Waals surface area contributed by atoms with E-state index < -0.39 is 36.0 Å². The number of rotatable bonds is 6. The lowest BCUT2D eigenvalue weighted by molar-refractivity contribution is -0.140. The van der Waals surface area contributed by atoms with Gasteiger partial charge in [0.15, 0.2) is 5.16 Å². The third-order valence-electron chi connectivity index (χ3n) is 4.35. The molecule has 0 amide bonds. The van der Waals surface area contributed by atoms with E-state index in [0.29, 0.717) is 6.42 Å². The van der Waals surface area contributed by atoms with Crippen LogP contribution in [0.2, 0.25) is 0 Å². The van der Waals surface area contributed by atoms with Crippen molar-refractivity contribution in [1.82, 2.24) is 0 Å². The first-order chi connectivity index (χ1) is 11.0. The van der Waals surface area contributed by atoms with Crippen molar-refractivity contribution >= 4 is 19.3 Å². The van der Waals surface area contributed by atoms with Crippen LogP contribution in [0.1, 0.15) is 40.5 Å². The number of carboxylic acid groups (broad SMARTS) is 2. The van der Waals surface area contributed by atoms with Crippen molar-refractivity contribution in [2.45, 2.75) is 51.4 Å². The summed E-state index contributed by atoms with van der Waals surface area (Å²) in [6, 6.07) is 0. The van der Waals surface area contributed by atoms with E-state index in [1.165, 1.54) is 26.0 Å².